The first-order valence-electron chi connectivity index (χ1n) is 4.51. The summed E-state index contributed by atoms with van der Waals surface area (Å²) in [7, 11) is 0. The average Bonchev–Trinajstić information content (AvgIpc) is 2.62. The number of rotatable bonds is 2. The van der Waals surface area contributed by atoms with Gasteiger partial charge in [0, 0.05) is 18.0 Å². The number of aryl methyl sites for hydroxylation is 2. The summed E-state index contributed by atoms with van der Waals surface area (Å²) in [6.07, 6.45) is 6.07. The number of furan rings is 1. The lowest BCUT2D eigenvalue weighted by Gasteiger charge is -1.97. The quantitative estimate of drug-likeness (QED) is 0.802. The second-order valence-corrected chi connectivity index (χ2v) is 4.34. The van der Waals surface area contributed by atoms with Crippen molar-refractivity contribution in [1.29, 1.82) is 0 Å². The third-order valence-electron chi connectivity index (χ3n) is 2.33. The third-order valence-corrected chi connectivity index (χ3v) is 2.74. The Morgan fingerprint density at radius 3 is 2.43 bits per heavy atom. The Kier molecular flexibility index (Phi) is 2.50. The molecule has 0 aromatic carbocycles. The molecule has 0 unspecified atom stereocenters. The lowest BCUT2D eigenvalue weighted by atomic mass is 10.2. The Labute approximate surface area is 91.7 Å². The molecule has 0 radical (unpaired) electrons. The van der Waals surface area contributed by atoms with Crippen LogP contribution in [-0.4, -0.2) is 4.57 Å². The lowest BCUT2D eigenvalue weighted by molar-refractivity contribution is 0.537. The van der Waals surface area contributed by atoms with Crippen LogP contribution in [0, 0.1) is 13.8 Å². The minimum Gasteiger partial charge on any atom is -0.457 e. The van der Waals surface area contributed by atoms with Gasteiger partial charge in [-0.15, -0.1) is 0 Å². The van der Waals surface area contributed by atoms with Crippen LogP contribution in [0.5, 0.6) is 0 Å². The van der Waals surface area contributed by atoms with E-state index in [1.54, 1.807) is 6.26 Å². The van der Waals surface area contributed by atoms with Crippen LogP contribution in [0.15, 0.2) is 33.8 Å². The Morgan fingerprint density at radius 2 is 1.93 bits per heavy atom. The van der Waals surface area contributed by atoms with E-state index >= 15 is 0 Å². The van der Waals surface area contributed by atoms with Crippen LogP contribution in [0.2, 0.25) is 0 Å². The molecule has 0 saturated heterocycles. The molecule has 2 nitrogen and oxygen atoms in total. The van der Waals surface area contributed by atoms with Crippen LogP contribution >= 0.6 is 15.9 Å². The number of hydrogen-bond acceptors (Lipinski definition) is 1. The average molecular weight is 254 g/mol. The molecule has 0 atom stereocenters. The van der Waals surface area contributed by atoms with Crippen LogP contribution in [0.1, 0.15) is 16.7 Å². The number of aromatic nitrogens is 1. The minimum absolute atomic E-state index is 0.785. The van der Waals surface area contributed by atoms with Crippen molar-refractivity contribution in [2.45, 2.75) is 20.4 Å². The highest BCUT2D eigenvalue weighted by molar-refractivity contribution is 9.10. The SMILES string of the molecule is Cc1cn(Cc2coc(Br)c2)cc1C. The Balaban J connectivity index is 2.18. The normalized spacial score (nSPS) is 10.8. The molecule has 0 N–H and O–H groups in total. The van der Waals surface area contributed by atoms with Crippen molar-refractivity contribution < 1.29 is 4.42 Å². The van der Waals surface area contributed by atoms with E-state index in [1.807, 2.05) is 6.07 Å². The molecule has 3 heteroatoms. The maximum atomic E-state index is 5.18. The van der Waals surface area contributed by atoms with Crippen LogP contribution in [0.4, 0.5) is 0 Å². The minimum atomic E-state index is 0.785. The first-order chi connectivity index (χ1) is 6.65. The topological polar surface area (TPSA) is 18.1 Å². The molecule has 74 valence electrons. The summed E-state index contributed by atoms with van der Waals surface area (Å²) in [4.78, 5) is 0. The van der Waals surface area contributed by atoms with Crippen molar-refractivity contribution >= 4 is 15.9 Å². The van der Waals surface area contributed by atoms with Gasteiger partial charge in [0.15, 0.2) is 4.67 Å². The molecule has 14 heavy (non-hydrogen) atoms. The smallest absolute Gasteiger partial charge is 0.169 e. The van der Waals surface area contributed by atoms with Gasteiger partial charge in [-0.1, -0.05) is 0 Å². The molecule has 2 heterocycles. The fourth-order valence-corrected chi connectivity index (χ4v) is 1.86. The molecule has 0 amide bonds. The van der Waals surface area contributed by atoms with E-state index in [0.717, 1.165) is 11.2 Å². The summed E-state index contributed by atoms with van der Waals surface area (Å²) in [6, 6.07) is 1.99. The van der Waals surface area contributed by atoms with Gasteiger partial charge in [-0.05, 0) is 47.0 Å². The van der Waals surface area contributed by atoms with Gasteiger partial charge in [-0.2, -0.15) is 0 Å². The second-order valence-electron chi connectivity index (χ2n) is 3.56. The summed E-state index contributed by atoms with van der Waals surface area (Å²) < 4.78 is 8.13. The standard InChI is InChI=1S/C11H12BrNO/c1-8-4-13(5-9(8)2)6-10-3-11(12)14-7-10/h3-5,7H,6H2,1-2H3. The maximum absolute atomic E-state index is 5.18. The van der Waals surface area contributed by atoms with Gasteiger partial charge in [0.1, 0.15) is 0 Å². The molecule has 0 aliphatic carbocycles. The molecular weight excluding hydrogens is 242 g/mol. The van der Waals surface area contributed by atoms with Crippen molar-refractivity contribution in [1.82, 2.24) is 4.57 Å². The van der Waals surface area contributed by atoms with Gasteiger partial charge in [-0.3, -0.25) is 0 Å². The van der Waals surface area contributed by atoms with Crippen LogP contribution in [0.3, 0.4) is 0 Å². The van der Waals surface area contributed by atoms with Gasteiger partial charge in [0.2, 0.25) is 0 Å². The zero-order valence-electron chi connectivity index (χ0n) is 8.25. The van der Waals surface area contributed by atoms with Crippen molar-refractivity contribution in [3.05, 3.63) is 46.1 Å². The first-order valence-corrected chi connectivity index (χ1v) is 5.30. The molecule has 2 aromatic heterocycles. The molecule has 0 fully saturated rings. The molecular formula is C11H12BrNO. The van der Waals surface area contributed by atoms with Gasteiger partial charge < -0.3 is 8.98 Å². The van der Waals surface area contributed by atoms with E-state index in [-0.39, 0.29) is 0 Å². The van der Waals surface area contributed by atoms with Crippen molar-refractivity contribution in [2.24, 2.45) is 0 Å². The summed E-state index contributed by atoms with van der Waals surface area (Å²) in [5, 5.41) is 0. The predicted molar refractivity (Wildman–Crippen MR) is 59.4 cm³/mol. The van der Waals surface area contributed by atoms with E-state index < -0.39 is 0 Å². The summed E-state index contributed by atoms with van der Waals surface area (Å²) in [5.41, 5.74) is 3.83. The van der Waals surface area contributed by atoms with Gasteiger partial charge in [-0.25, -0.2) is 0 Å². The highest BCUT2D eigenvalue weighted by atomic mass is 79.9. The van der Waals surface area contributed by atoms with Crippen molar-refractivity contribution in [3.63, 3.8) is 0 Å². The number of hydrogen-bond donors (Lipinski definition) is 0. The Bertz CT molecular complexity index is 422. The van der Waals surface area contributed by atoms with E-state index in [9.17, 15) is 0 Å². The summed E-state index contributed by atoms with van der Waals surface area (Å²) in [6.45, 7) is 5.11. The molecule has 2 aromatic rings. The van der Waals surface area contributed by atoms with Gasteiger partial charge in [0.05, 0.1) is 12.8 Å². The summed E-state index contributed by atoms with van der Waals surface area (Å²) >= 11 is 3.29. The van der Waals surface area contributed by atoms with Gasteiger partial charge >= 0.3 is 0 Å². The van der Waals surface area contributed by atoms with Crippen LogP contribution < -0.4 is 0 Å². The fourth-order valence-electron chi connectivity index (χ4n) is 1.47. The van der Waals surface area contributed by atoms with E-state index in [0.29, 0.717) is 0 Å². The van der Waals surface area contributed by atoms with Crippen molar-refractivity contribution in [3.8, 4) is 0 Å². The van der Waals surface area contributed by atoms with Gasteiger partial charge in [0.25, 0.3) is 0 Å². The van der Waals surface area contributed by atoms with E-state index in [1.165, 1.54) is 16.7 Å². The fraction of sp³-hybridized carbons (Fsp3) is 0.273. The van der Waals surface area contributed by atoms with Crippen LogP contribution in [-0.2, 0) is 6.54 Å². The third kappa shape index (κ3) is 1.93. The molecule has 0 saturated carbocycles. The zero-order valence-corrected chi connectivity index (χ0v) is 9.84. The number of halogens is 1. The first kappa shape index (κ1) is 9.59. The molecule has 0 bridgehead atoms. The largest absolute Gasteiger partial charge is 0.457 e. The maximum Gasteiger partial charge on any atom is 0.169 e. The molecule has 2 rings (SSSR count). The lowest BCUT2D eigenvalue weighted by Crippen LogP contribution is -1.93. The summed E-state index contributed by atoms with van der Waals surface area (Å²) in [5.74, 6) is 0. The van der Waals surface area contributed by atoms with Crippen molar-refractivity contribution in [2.75, 3.05) is 0 Å². The number of nitrogens with zero attached hydrogens (tertiary/aromatic N) is 1. The van der Waals surface area contributed by atoms with E-state index in [2.05, 4.69) is 46.7 Å². The van der Waals surface area contributed by atoms with Crippen LogP contribution in [0.25, 0.3) is 0 Å². The highest BCUT2D eigenvalue weighted by Gasteiger charge is 2.01. The Morgan fingerprint density at radius 1 is 1.29 bits per heavy atom. The molecule has 0 spiro atoms. The predicted octanol–water partition coefficient (Wildman–Crippen LogP) is 3.51. The highest BCUT2D eigenvalue weighted by Crippen LogP contribution is 2.16. The monoisotopic (exact) mass is 253 g/mol. The Hall–Kier alpha value is -0.960. The zero-order chi connectivity index (χ0) is 10.1. The van der Waals surface area contributed by atoms with E-state index in [4.69, 9.17) is 4.42 Å². The molecule has 0 aliphatic rings. The second kappa shape index (κ2) is 3.65. The molecule has 0 aliphatic heterocycles.